The van der Waals surface area contributed by atoms with E-state index in [1.54, 1.807) is 0 Å². The Balaban J connectivity index is 1.41. The van der Waals surface area contributed by atoms with Crippen molar-refractivity contribution in [2.24, 2.45) is 0 Å². The van der Waals surface area contributed by atoms with E-state index in [0.717, 1.165) is 35.2 Å². The minimum absolute atomic E-state index is 0.0706. The lowest BCUT2D eigenvalue weighted by Gasteiger charge is -2.32. The van der Waals surface area contributed by atoms with Gasteiger partial charge in [-0.05, 0) is 49.6 Å². The van der Waals surface area contributed by atoms with Gasteiger partial charge in [-0.15, -0.1) is 0 Å². The lowest BCUT2D eigenvalue weighted by Crippen LogP contribution is -2.41. The van der Waals surface area contributed by atoms with Crippen molar-refractivity contribution in [3.05, 3.63) is 64.6 Å². The molecule has 1 N–H and O–H groups in total. The Morgan fingerprint density at radius 1 is 1.14 bits per heavy atom. The Bertz CT molecular complexity index is 1030. The molecule has 0 unspecified atom stereocenters. The van der Waals surface area contributed by atoms with Crippen molar-refractivity contribution >= 4 is 16.9 Å². The van der Waals surface area contributed by atoms with Crippen LogP contribution in [0.25, 0.3) is 11.0 Å². The van der Waals surface area contributed by atoms with E-state index in [1.165, 1.54) is 0 Å². The molecule has 1 saturated heterocycles. The molecule has 1 aromatic heterocycles. The number of para-hydroxylation sites is 2. The second-order valence-corrected chi connectivity index (χ2v) is 7.19. The Morgan fingerprint density at radius 3 is 2.71 bits per heavy atom. The summed E-state index contributed by atoms with van der Waals surface area (Å²) in [5, 5.41) is 0. The first-order valence-electron chi connectivity index (χ1n) is 9.84. The van der Waals surface area contributed by atoms with Gasteiger partial charge in [0.05, 0.1) is 24.1 Å². The zero-order chi connectivity index (χ0) is 19.5. The molecular weight excluding hydrogens is 354 g/mol. The number of nitrogens with one attached hydrogen (secondary N) is 1. The summed E-state index contributed by atoms with van der Waals surface area (Å²) in [6, 6.07) is 15.6. The van der Waals surface area contributed by atoms with Gasteiger partial charge in [-0.25, -0.2) is 4.79 Å². The van der Waals surface area contributed by atoms with Gasteiger partial charge in [-0.2, -0.15) is 0 Å². The first-order valence-corrected chi connectivity index (χ1v) is 9.84. The Kier molecular flexibility index (Phi) is 5.19. The molecule has 0 bridgehead atoms. The molecule has 146 valence electrons. The fraction of sp³-hybridized carbons (Fsp3) is 0.364. The van der Waals surface area contributed by atoms with Gasteiger partial charge < -0.3 is 14.6 Å². The monoisotopic (exact) mass is 379 g/mol. The van der Waals surface area contributed by atoms with E-state index >= 15 is 0 Å². The number of carbonyl (C=O) groups is 1. The zero-order valence-electron chi connectivity index (χ0n) is 16.1. The van der Waals surface area contributed by atoms with Crippen LogP contribution in [0, 0.1) is 0 Å². The van der Waals surface area contributed by atoms with E-state index in [1.807, 2.05) is 64.9 Å². The van der Waals surface area contributed by atoms with Crippen molar-refractivity contribution in [1.82, 2.24) is 14.5 Å². The summed E-state index contributed by atoms with van der Waals surface area (Å²) in [5.74, 6) is 0.920. The van der Waals surface area contributed by atoms with Crippen molar-refractivity contribution in [3.63, 3.8) is 0 Å². The van der Waals surface area contributed by atoms with E-state index in [9.17, 15) is 9.59 Å². The van der Waals surface area contributed by atoms with E-state index in [-0.39, 0.29) is 17.6 Å². The number of H-pyrrole nitrogens is 1. The number of fused-ring (bicyclic) bond motifs is 1. The van der Waals surface area contributed by atoms with Crippen LogP contribution in [0.2, 0.25) is 0 Å². The fourth-order valence-electron chi connectivity index (χ4n) is 4.01. The summed E-state index contributed by atoms with van der Waals surface area (Å²) >= 11 is 0. The first kappa shape index (κ1) is 18.3. The number of nitrogens with zero attached hydrogens (tertiary/aromatic N) is 2. The van der Waals surface area contributed by atoms with E-state index in [0.29, 0.717) is 26.1 Å². The average molecular weight is 379 g/mol. The third-order valence-corrected chi connectivity index (χ3v) is 5.37. The van der Waals surface area contributed by atoms with Gasteiger partial charge in [0.2, 0.25) is 5.91 Å². The number of benzene rings is 2. The summed E-state index contributed by atoms with van der Waals surface area (Å²) < 4.78 is 7.36. The van der Waals surface area contributed by atoms with Gasteiger partial charge in [0, 0.05) is 19.1 Å². The van der Waals surface area contributed by atoms with Gasteiger partial charge in [0.1, 0.15) is 5.75 Å². The van der Waals surface area contributed by atoms with Crippen molar-refractivity contribution in [1.29, 1.82) is 0 Å². The Labute approximate surface area is 163 Å². The lowest BCUT2D eigenvalue weighted by molar-refractivity contribution is -0.131. The third-order valence-electron chi connectivity index (χ3n) is 5.37. The van der Waals surface area contributed by atoms with Gasteiger partial charge in [0.15, 0.2) is 0 Å². The minimum atomic E-state index is -0.0706. The second kappa shape index (κ2) is 7.92. The molecule has 3 aromatic rings. The number of hydrogen-bond acceptors (Lipinski definition) is 3. The van der Waals surface area contributed by atoms with Gasteiger partial charge in [0.25, 0.3) is 0 Å². The summed E-state index contributed by atoms with van der Waals surface area (Å²) in [6.07, 6.45) is 1.94. The van der Waals surface area contributed by atoms with Gasteiger partial charge in [-0.1, -0.05) is 24.3 Å². The van der Waals surface area contributed by atoms with Crippen molar-refractivity contribution in [2.45, 2.75) is 32.2 Å². The van der Waals surface area contributed by atoms with Crippen LogP contribution in [0.15, 0.2) is 53.3 Å². The van der Waals surface area contributed by atoms with Crippen LogP contribution in [-0.2, 0) is 11.2 Å². The molecule has 0 radical (unpaired) electrons. The van der Waals surface area contributed by atoms with E-state index in [4.69, 9.17) is 4.74 Å². The highest BCUT2D eigenvalue weighted by Crippen LogP contribution is 2.25. The Hall–Kier alpha value is -3.02. The summed E-state index contributed by atoms with van der Waals surface area (Å²) in [7, 11) is 0. The van der Waals surface area contributed by atoms with Gasteiger partial charge >= 0.3 is 5.69 Å². The molecule has 0 spiro atoms. The largest absolute Gasteiger partial charge is 0.494 e. The van der Waals surface area contributed by atoms with Crippen LogP contribution in [0.5, 0.6) is 5.75 Å². The van der Waals surface area contributed by atoms with Crippen LogP contribution in [0.3, 0.4) is 0 Å². The van der Waals surface area contributed by atoms with E-state index < -0.39 is 0 Å². The van der Waals surface area contributed by atoms with Crippen molar-refractivity contribution in [3.8, 4) is 5.75 Å². The van der Waals surface area contributed by atoms with Crippen LogP contribution in [-0.4, -0.2) is 40.1 Å². The number of amides is 1. The number of hydrogen-bond donors (Lipinski definition) is 1. The molecular formula is C22H25N3O3. The number of ether oxygens (including phenoxy) is 1. The summed E-state index contributed by atoms with van der Waals surface area (Å²) in [5.41, 5.74) is 2.69. The highest BCUT2D eigenvalue weighted by atomic mass is 16.5. The molecule has 6 nitrogen and oxygen atoms in total. The first-order chi connectivity index (χ1) is 13.7. The van der Waals surface area contributed by atoms with Crippen molar-refractivity contribution < 1.29 is 9.53 Å². The fourth-order valence-corrected chi connectivity index (χ4v) is 4.01. The molecule has 28 heavy (non-hydrogen) atoms. The highest BCUT2D eigenvalue weighted by Gasteiger charge is 2.26. The molecule has 4 rings (SSSR count). The normalized spacial score (nSPS) is 15.1. The quantitative estimate of drug-likeness (QED) is 0.741. The zero-order valence-corrected chi connectivity index (χ0v) is 16.1. The SMILES string of the molecule is CCOc1cccc(CC(=O)N2CCC(n3c(=O)[nH]c4ccccc43)CC2)c1. The molecule has 0 aliphatic carbocycles. The smallest absolute Gasteiger partial charge is 0.326 e. The molecule has 6 heteroatoms. The number of aromatic amines is 1. The highest BCUT2D eigenvalue weighted by molar-refractivity contribution is 5.79. The van der Waals surface area contributed by atoms with Gasteiger partial charge in [-0.3, -0.25) is 9.36 Å². The molecule has 1 aliphatic rings. The van der Waals surface area contributed by atoms with Crippen molar-refractivity contribution in [2.75, 3.05) is 19.7 Å². The molecule has 2 heterocycles. The van der Waals surface area contributed by atoms with Crippen LogP contribution in [0.4, 0.5) is 0 Å². The molecule has 2 aromatic carbocycles. The maximum Gasteiger partial charge on any atom is 0.326 e. The minimum Gasteiger partial charge on any atom is -0.494 e. The number of aromatic nitrogens is 2. The number of imidazole rings is 1. The molecule has 0 saturated carbocycles. The summed E-state index contributed by atoms with van der Waals surface area (Å²) in [6.45, 7) is 3.89. The van der Waals surface area contributed by atoms with Crippen LogP contribution in [0.1, 0.15) is 31.4 Å². The summed E-state index contributed by atoms with van der Waals surface area (Å²) in [4.78, 5) is 29.9. The lowest BCUT2D eigenvalue weighted by atomic mass is 10.0. The number of carbonyl (C=O) groups excluding carboxylic acids is 1. The molecule has 1 fully saturated rings. The van der Waals surface area contributed by atoms with Crippen LogP contribution < -0.4 is 10.4 Å². The van der Waals surface area contributed by atoms with Crippen LogP contribution >= 0.6 is 0 Å². The predicted octanol–water partition coefficient (Wildman–Crippen LogP) is 3.13. The molecule has 0 atom stereocenters. The predicted molar refractivity (Wildman–Crippen MR) is 109 cm³/mol. The molecule has 1 amide bonds. The second-order valence-electron chi connectivity index (χ2n) is 7.19. The average Bonchev–Trinajstić information content (AvgIpc) is 3.04. The maximum absolute atomic E-state index is 12.7. The number of likely N-dealkylation sites (tertiary alicyclic amines) is 1. The maximum atomic E-state index is 12.7. The third kappa shape index (κ3) is 3.67. The standard InChI is InChI=1S/C22H25N3O3/c1-2-28-18-7-5-6-16(14-18)15-21(26)24-12-10-17(11-13-24)25-20-9-4-3-8-19(20)23-22(25)27/h3-9,14,17H,2,10-13,15H2,1H3,(H,23,27). The number of piperidine rings is 1. The Morgan fingerprint density at radius 2 is 1.93 bits per heavy atom. The van der Waals surface area contributed by atoms with E-state index in [2.05, 4.69) is 4.98 Å². The molecule has 1 aliphatic heterocycles. The topological polar surface area (TPSA) is 67.3 Å². The number of rotatable bonds is 5.